The summed E-state index contributed by atoms with van der Waals surface area (Å²) in [5.41, 5.74) is 8.43. The summed E-state index contributed by atoms with van der Waals surface area (Å²) in [5, 5.41) is 3.31. The molecule has 9 heteroatoms. The van der Waals surface area contributed by atoms with E-state index in [4.69, 9.17) is 20.2 Å². The average Bonchev–Trinajstić information content (AvgIpc) is 2.88. The van der Waals surface area contributed by atoms with E-state index in [0.29, 0.717) is 41.0 Å². The lowest BCUT2D eigenvalue weighted by Gasteiger charge is -2.35. The van der Waals surface area contributed by atoms with Crippen molar-refractivity contribution >= 4 is 23.6 Å². The Labute approximate surface area is 203 Å². The fraction of sp³-hybridized carbons (Fsp3) is 0.385. The molecule has 2 aliphatic heterocycles. The summed E-state index contributed by atoms with van der Waals surface area (Å²) in [4.78, 5) is 18.8. The Morgan fingerprint density at radius 2 is 1.97 bits per heavy atom. The van der Waals surface area contributed by atoms with Gasteiger partial charge < -0.3 is 20.5 Å². The Bertz CT molecular complexity index is 1150. The first-order valence-electron chi connectivity index (χ1n) is 11.8. The van der Waals surface area contributed by atoms with Crippen molar-refractivity contribution in [3.8, 4) is 11.5 Å². The average molecular weight is 485 g/mol. The van der Waals surface area contributed by atoms with Crippen molar-refractivity contribution in [1.29, 1.82) is 0 Å². The van der Waals surface area contributed by atoms with Gasteiger partial charge in [0.2, 0.25) is 5.82 Å². The van der Waals surface area contributed by atoms with Gasteiger partial charge in [-0.05, 0) is 70.0 Å². The number of nitrogens with one attached hydrogen (secondary N) is 1. The van der Waals surface area contributed by atoms with Crippen LogP contribution in [-0.4, -0.2) is 44.6 Å². The summed E-state index contributed by atoms with van der Waals surface area (Å²) < 4.78 is 39.6. The van der Waals surface area contributed by atoms with Crippen molar-refractivity contribution in [3.05, 3.63) is 59.3 Å². The monoisotopic (exact) mass is 484 g/mol. The highest BCUT2D eigenvalue weighted by atomic mass is 19.2. The number of methoxy groups -OCH3 is 1. The van der Waals surface area contributed by atoms with Crippen LogP contribution in [0.15, 0.2) is 41.5 Å². The van der Waals surface area contributed by atoms with Crippen LogP contribution in [0.2, 0.25) is 0 Å². The molecule has 4 rings (SSSR count). The highest BCUT2D eigenvalue weighted by molar-refractivity contribution is 6.11. The maximum atomic E-state index is 14.6. The minimum Gasteiger partial charge on any atom is -0.453 e. The number of piperidine rings is 1. The van der Waals surface area contributed by atoms with E-state index in [1.165, 1.54) is 25.4 Å². The smallest absolute Gasteiger partial charge is 0.414 e. The molecule has 2 aromatic carbocycles. The standard InChI is InChI=1S/C26H30F2N4O3/c1-16-6-7-20-22(32(16)26(33)34-2)9-8-19(17(14-29)15-31-18-10-12-30-13-11-18)25(20)35-23-5-3-4-21(27)24(23)28/h3-5,8-9,14-16,18,30H,6-7,10-13,29H2,1-2H3/t16-/m0/s1. The van der Waals surface area contributed by atoms with Crippen LogP contribution in [-0.2, 0) is 11.2 Å². The lowest BCUT2D eigenvalue weighted by atomic mass is 9.92. The first-order chi connectivity index (χ1) is 16.9. The zero-order valence-corrected chi connectivity index (χ0v) is 19.9. The number of benzene rings is 2. The Balaban J connectivity index is 1.82. The topological polar surface area (TPSA) is 89.2 Å². The summed E-state index contributed by atoms with van der Waals surface area (Å²) in [7, 11) is 1.32. The van der Waals surface area contributed by atoms with Gasteiger partial charge in [0.05, 0.1) is 18.8 Å². The van der Waals surface area contributed by atoms with Crippen LogP contribution < -0.4 is 20.7 Å². The molecule has 3 N–H and O–H groups in total. The van der Waals surface area contributed by atoms with Crippen LogP contribution in [0.4, 0.5) is 19.3 Å². The van der Waals surface area contributed by atoms with Gasteiger partial charge in [0.1, 0.15) is 5.75 Å². The molecule has 2 aliphatic rings. The number of allylic oxidation sites excluding steroid dienone is 1. The molecular weight excluding hydrogens is 454 g/mol. The van der Waals surface area contributed by atoms with Crippen molar-refractivity contribution in [1.82, 2.24) is 5.32 Å². The van der Waals surface area contributed by atoms with Crippen molar-refractivity contribution in [3.63, 3.8) is 0 Å². The minimum absolute atomic E-state index is 0.106. The Morgan fingerprint density at radius 1 is 1.20 bits per heavy atom. The third-order valence-corrected chi connectivity index (χ3v) is 6.47. The number of nitrogens with zero attached hydrogens (tertiary/aromatic N) is 2. The summed E-state index contributed by atoms with van der Waals surface area (Å²) in [6, 6.07) is 7.39. The molecule has 0 aliphatic carbocycles. The number of nitrogens with two attached hydrogens (primary N) is 1. The predicted octanol–water partition coefficient (Wildman–Crippen LogP) is 4.79. The first-order valence-corrected chi connectivity index (χ1v) is 11.8. The Hall–Kier alpha value is -3.46. The molecule has 0 unspecified atom stereocenters. The molecule has 1 atom stereocenters. The van der Waals surface area contributed by atoms with E-state index >= 15 is 0 Å². The second-order valence-corrected chi connectivity index (χ2v) is 8.70. The van der Waals surface area contributed by atoms with E-state index in [9.17, 15) is 13.6 Å². The van der Waals surface area contributed by atoms with Crippen LogP contribution >= 0.6 is 0 Å². The van der Waals surface area contributed by atoms with Crippen molar-refractivity contribution in [2.24, 2.45) is 10.7 Å². The molecule has 0 bridgehead atoms. The fourth-order valence-electron chi connectivity index (χ4n) is 4.54. The van der Waals surface area contributed by atoms with Crippen LogP contribution in [0.25, 0.3) is 5.57 Å². The molecule has 35 heavy (non-hydrogen) atoms. The number of carbonyl (C=O) groups excluding carboxylic acids is 1. The van der Waals surface area contributed by atoms with Gasteiger partial charge in [-0.2, -0.15) is 4.39 Å². The predicted molar refractivity (Wildman–Crippen MR) is 132 cm³/mol. The minimum atomic E-state index is -1.09. The maximum Gasteiger partial charge on any atom is 0.414 e. The molecule has 1 amide bonds. The zero-order valence-electron chi connectivity index (χ0n) is 19.9. The lowest BCUT2D eigenvalue weighted by Crippen LogP contribution is -2.42. The van der Waals surface area contributed by atoms with Gasteiger partial charge in [-0.3, -0.25) is 9.89 Å². The fourth-order valence-corrected chi connectivity index (χ4v) is 4.54. The molecule has 0 aromatic heterocycles. The Morgan fingerprint density at radius 3 is 2.69 bits per heavy atom. The number of halogens is 2. The van der Waals surface area contributed by atoms with Crippen molar-refractivity contribution in [2.45, 2.75) is 44.7 Å². The summed E-state index contributed by atoms with van der Waals surface area (Å²) >= 11 is 0. The molecule has 2 heterocycles. The number of amides is 1. The van der Waals surface area contributed by atoms with Gasteiger partial charge in [0.15, 0.2) is 11.6 Å². The van der Waals surface area contributed by atoms with Gasteiger partial charge >= 0.3 is 6.09 Å². The highest BCUT2D eigenvalue weighted by Crippen LogP contribution is 2.43. The zero-order chi connectivity index (χ0) is 24.9. The quantitative estimate of drug-likeness (QED) is 0.596. The molecule has 186 valence electrons. The van der Waals surface area contributed by atoms with Crippen molar-refractivity contribution < 1.29 is 23.0 Å². The van der Waals surface area contributed by atoms with E-state index in [0.717, 1.165) is 32.0 Å². The Kier molecular flexibility index (Phi) is 7.65. The lowest BCUT2D eigenvalue weighted by molar-refractivity contribution is 0.175. The molecule has 0 saturated carbocycles. The first kappa shape index (κ1) is 24.7. The number of rotatable bonds is 5. The molecular formula is C26H30F2N4O3. The van der Waals surface area contributed by atoms with E-state index < -0.39 is 17.7 Å². The van der Waals surface area contributed by atoms with Crippen LogP contribution in [0.5, 0.6) is 11.5 Å². The number of aliphatic imine (C=N–C) groups is 1. The molecule has 1 fully saturated rings. The van der Waals surface area contributed by atoms with Gasteiger partial charge in [-0.25, -0.2) is 9.18 Å². The summed E-state index contributed by atoms with van der Waals surface area (Å²) in [5.74, 6) is -2.05. The van der Waals surface area contributed by atoms with Gasteiger partial charge in [-0.15, -0.1) is 0 Å². The van der Waals surface area contributed by atoms with E-state index in [2.05, 4.69) is 5.32 Å². The second kappa shape index (κ2) is 10.9. The third-order valence-electron chi connectivity index (χ3n) is 6.47. The largest absolute Gasteiger partial charge is 0.453 e. The molecule has 0 spiro atoms. The van der Waals surface area contributed by atoms with Gasteiger partial charge in [0.25, 0.3) is 0 Å². The van der Waals surface area contributed by atoms with E-state index in [1.807, 2.05) is 6.92 Å². The van der Waals surface area contributed by atoms with E-state index in [-0.39, 0.29) is 17.8 Å². The van der Waals surface area contributed by atoms with Crippen LogP contribution in [0.1, 0.15) is 37.3 Å². The maximum absolute atomic E-state index is 14.6. The number of hydrogen-bond acceptors (Lipinski definition) is 6. The van der Waals surface area contributed by atoms with Crippen molar-refractivity contribution in [2.75, 3.05) is 25.1 Å². The number of ether oxygens (including phenoxy) is 2. The number of carbonyl (C=O) groups is 1. The summed E-state index contributed by atoms with van der Waals surface area (Å²) in [6.45, 7) is 3.73. The van der Waals surface area contributed by atoms with Crippen LogP contribution in [0.3, 0.4) is 0 Å². The molecule has 0 radical (unpaired) electrons. The van der Waals surface area contributed by atoms with Gasteiger partial charge in [0, 0.05) is 35.2 Å². The highest BCUT2D eigenvalue weighted by Gasteiger charge is 2.32. The normalized spacial score (nSPS) is 19.0. The summed E-state index contributed by atoms with van der Waals surface area (Å²) in [6.07, 6.45) is 5.66. The van der Waals surface area contributed by atoms with Gasteiger partial charge in [-0.1, -0.05) is 6.07 Å². The number of fused-ring (bicyclic) bond motifs is 1. The van der Waals surface area contributed by atoms with E-state index in [1.54, 1.807) is 23.2 Å². The second-order valence-electron chi connectivity index (χ2n) is 8.70. The molecule has 7 nitrogen and oxygen atoms in total. The van der Waals surface area contributed by atoms with Crippen LogP contribution in [0, 0.1) is 11.6 Å². The number of hydrogen-bond donors (Lipinski definition) is 2. The SMILES string of the molecule is COC(=O)N1c2ccc(C(C=NC3CCNCC3)=CN)c(Oc3cccc(F)c3F)c2CC[C@@H]1C. The molecule has 1 saturated heterocycles. The number of anilines is 1. The third kappa shape index (κ3) is 5.14. The molecule has 2 aromatic rings.